The van der Waals surface area contributed by atoms with E-state index in [1.165, 1.54) is 17.5 Å². The fraction of sp³-hybridized carbons (Fsp3) is 0.111. The summed E-state index contributed by atoms with van der Waals surface area (Å²) in [5.41, 5.74) is 1.72. The van der Waals surface area contributed by atoms with E-state index in [-0.39, 0.29) is 5.69 Å². The quantitative estimate of drug-likeness (QED) is 0.601. The summed E-state index contributed by atoms with van der Waals surface area (Å²) >= 11 is 1.39. The Hall–Kier alpha value is -3.06. The zero-order chi connectivity index (χ0) is 17.6. The molecule has 2 aromatic heterocycles. The van der Waals surface area contributed by atoms with Gasteiger partial charge in [-0.2, -0.15) is 0 Å². The molecule has 0 saturated heterocycles. The highest BCUT2D eigenvalue weighted by Gasteiger charge is 2.20. The largest absolute Gasteiger partial charge is 0.496 e. The number of fused-ring (bicyclic) bond motifs is 2. The maximum atomic E-state index is 11.2. The van der Waals surface area contributed by atoms with Crippen LogP contribution in [0.5, 0.6) is 11.5 Å². The molecule has 0 spiro atoms. The monoisotopic (exact) mass is 354 g/mol. The van der Waals surface area contributed by atoms with Gasteiger partial charge < -0.3 is 14.6 Å². The molecule has 0 aliphatic carbocycles. The predicted octanol–water partition coefficient (Wildman–Crippen LogP) is 3.93. The lowest BCUT2D eigenvalue weighted by Crippen LogP contribution is -1.96. The lowest BCUT2D eigenvalue weighted by molar-refractivity contribution is 0.0691. The van der Waals surface area contributed by atoms with Crippen LogP contribution in [0.1, 0.15) is 10.5 Å². The summed E-state index contributed by atoms with van der Waals surface area (Å²) in [6, 6.07) is 9.72. The van der Waals surface area contributed by atoms with Crippen LogP contribution in [0.15, 0.2) is 41.9 Å². The number of carboxylic acids is 1. The van der Waals surface area contributed by atoms with E-state index in [1.807, 2.05) is 35.7 Å². The number of rotatable bonds is 4. The zero-order valence-corrected chi connectivity index (χ0v) is 14.3. The van der Waals surface area contributed by atoms with Crippen LogP contribution < -0.4 is 9.47 Å². The molecule has 1 N–H and O–H groups in total. The molecule has 0 amide bonds. The van der Waals surface area contributed by atoms with E-state index < -0.39 is 5.97 Å². The average molecular weight is 354 g/mol. The molecule has 0 radical (unpaired) electrons. The van der Waals surface area contributed by atoms with E-state index in [0.29, 0.717) is 10.7 Å². The third-order valence-corrected chi connectivity index (χ3v) is 4.93. The summed E-state index contributed by atoms with van der Waals surface area (Å²) in [5.74, 6) is 0.328. The first-order chi connectivity index (χ1) is 12.1. The van der Waals surface area contributed by atoms with Gasteiger partial charge in [0.05, 0.1) is 19.9 Å². The molecule has 25 heavy (non-hydrogen) atoms. The van der Waals surface area contributed by atoms with Crippen LogP contribution in [-0.2, 0) is 0 Å². The third-order valence-electron chi connectivity index (χ3n) is 4.09. The summed E-state index contributed by atoms with van der Waals surface area (Å²) in [4.78, 5) is 16.0. The van der Waals surface area contributed by atoms with Gasteiger partial charge in [-0.05, 0) is 5.39 Å². The Morgan fingerprint density at radius 3 is 2.56 bits per heavy atom. The molecule has 4 aromatic rings. The van der Waals surface area contributed by atoms with E-state index in [0.717, 1.165) is 27.8 Å². The molecular weight excluding hydrogens is 340 g/mol. The maximum Gasteiger partial charge on any atom is 0.356 e. The van der Waals surface area contributed by atoms with Gasteiger partial charge in [0.2, 0.25) is 0 Å². The Morgan fingerprint density at radius 2 is 1.88 bits per heavy atom. The number of benzene rings is 2. The van der Waals surface area contributed by atoms with Gasteiger partial charge in [-0.3, -0.25) is 4.40 Å². The van der Waals surface area contributed by atoms with E-state index in [1.54, 1.807) is 18.6 Å². The number of imidazole rings is 1. The molecule has 0 aliphatic heterocycles. The Balaban J connectivity index is 2.08. The van der Waals surface area contributed by atoms with Crippen molar-refractivity contribution in [2.45, 2.75) is 0 Å². The number of aromatic carboxylic acids is 1. The summed E-state index contributed by atoms with van der Waals surface area (Å²) in [7, 11) is 3.23. The van der Waals surface area contributed by atoms with Crippen LogP contribution in [0.25, 0.3) is 27.0 Å². The van der Waals surface area contributed by atoms with Crippen molar-refractivity contribution in [2.75, 3.05) is 14.2 Å². The van der Waals surface area contributed by atoms with Crippen molar-refractivity contribution in [1.29, 1.82) is 0 Å². The van der Waals surface area contributed by atoms with E-state index in [4.69, 9.17) is 9.47 Å². The molecule has 0 atom stereocenters. The third kappa shape index (κ3) is 2.32. The van der Waals surface area contributed by atoms with Crippen molar-refractivity contribution < 1.29 is 19.4 Å². The van der Waals surface area contributed by atoms with Crippen LogP contribution in [0.3, 0.4) is 0 Å². The Morgan fingerprint density at radius 1 is 1.16 bits per heavy atom. The summed E-state index contributed by atoms with van der Waals surface area (Å²) in [6.07, 6.45) is 1.53. The van der Waals surface area contributed by atoms with Gasteiger partial charge >= 0.3 is 5.97 Å². The highest BCUT2D eigenvalue weighted by molar-refractivity contribution is 7.15. The van der Waals surface area contributed by atoms with Gasteiger partial charge in [-0.25, -0.2) is 9.78 Å². The Bertz CT molecular complexity index is 1110. The van der Waals surface area contributed by atoms with Crippen molar-refractivity contribution in [3.8, 4) is 22.8 Å². The normalized spacial score (nSPS) is 11.1. The number of aromatic nitrogens is 2. The van der Waals surface area contributed by atoms with Crippen LogP contribution in [0, 0.1) is 0 Å². The molecule has 2 heterocycles. The number of ether oxygens (including phenoxy) is 2. The standard InChI is InChI=1S/C18H14N2O4S/c1-23-14-7-15(24-2)16(11-6-4-3-5-10(11)14)13-9-25-18-19-12(17(21)22)8-20(13)18/h3-9H,1-2H3,(H,21,22). The van der Waals surface area contributed by atoms with E-state index in [2.05, 4.69) is 4.98 Å². The van der Waals surface area contributed by atoms with Crippen molar-refractivity contribution in [1.82, 2.24) is 9.38 Å². The molecule has 0 bridgehead atoms. The second kappa shape index (κ2) is 5.78. The summed E-state index contributed by atoms with van der Waals surface area (Å²) < 4.78 is 12.9. The van der Waals surface area contributed by atoms with Crippen LogP contribution >= 0.6 is 11.3 Å². The molecule has 2 aromatic carbocycles. The first kappa shape index (κ1) is 15.5. The molecule has 0 fully saturated rings. The summed E-state index contributed by atoms with van der Waals surface area (Å²) in [5, 5.41) is 13.1. The SMILES string of the molecule is COc1cc(OC)c2ccccc2c1-c1csc2nc(C(=O)O)cn12. The summed E-state index contributed by atoms with van der Waals surface area (Å²) in [6.45, 7) is 0. The maximum absolute atomic E-state index is 11.2. The number of carboxylic acid groups (broad SMARTS) is 1. The fourth-order valence-electron chi connectivity index (χ4n) is 2.98. The van der Waals surface area contributed by atoms with Gasteiger partial charge in [0, 0.05) is 28.6 Å². The van der Waals surface area contributed by atoms with Gasteiger partial charge in [0.25, 0.3) is 0 Å². The minimum Gasteiger partial charge on any atom is -0.496 e. The van der Waals surface area contributed by atoms with Gasteiger partial charge in [0.1, 0.15) is 11.5 Å². The fourth-order valence-corrected chi connectivity index (χ4v) is 3.84. The van der Waals surface area contributed by atoms with Crippen molar-refractivity contribution >= 4 is 33.0 Å². The van der Waals surface area contributed by atoms with E-state index in [9.17, 15) is 9.90 Å². The Kier molecular flexibility index (Phi) is 3.58. The number of hydrogen-bond acceptors (Lipinski definition) is 5. The van der Waals surface area contributed by atoms with Crippen molar-refractivity contribution in [2.24, 2.45) is 0 Å². The zero-order valence-electron chi connectivity index (χ0n) is 13.5. The number of hydrogen-bond donors (Lipinski definition) is 1. The predicted molar refractivity (Wildman–Crippen MR) is 96.1 cm³/mol. The lowest BCUT2D eigenvalue weighted by Gasteiger charge is -2.14. The minimum atomic E-state index is -1.05. The smallest absolute Gasteiger partial charge is 0.356 e. The lowest BCUT2D eigenvalue weighted by atomic mass is 10.0. The van der Waals surface area contributed by atoms with E-state index >= 15 is 0 Å². The second-order valence-electron chi connectivity index (χ2n) is 5.41. The molecule has 126 valence electrons. The van der Waals surface area contributed by atoms with Crippen LogP contribution in [0.2, 0.25) is 0 Å². The second-order valence-corrected chi connectivity index (χ2v) is 6.24. The average Bonchev–Trinajstić information content (AvgIpc) is 3.21. The molecule has 0 aliphatic rings. The first-order valence-electron chi connectivity index (χ1n) is 7.48. The van der Waals surface area contributed by atoms with Crippen molar-refractivity contribution in [3.05, 3.63) is 47.6 Å². The molecular formula is C18H14N2O4S. The van der Waals surface area contributed by atoms with Crippen molar-refractivity contribution in [3.63, 3.8) is 0 Å². The van der Waals surface area contributed by atoms with Gasteiger partial charge in [-0.15, -0.1) is 11.3 Å². The number of nitrogens with zero attached hydrogens (tertiary/aromatic N) is 2. The molecule has 4 rings (SSSR count). The molecule has 0 unspecified atom stereocenters. The first-order valence-corrected chi connectivity index (χ1v) is 8.36. The topological polar surface area (TPSA) is 73.1 Å². The Labute approximate surface area is 146 Å². The van der Waals surface area contributed by atoms with Crippen LogP contribution in [-0.4, -0.2) is 34.7 Å². The van der Waals surface area contributed by atoms with Crippen LogP contribution in [0.4, 0.5) is 0 Å². The molecule has 7 heteroatoms. The molecule has 0 saturated carbocycles. The highest BCUT2D eigenvalue weighted by atomic mass is 32.1. The van der Waals surface area contributed by atoms with Gasteiger partial charge in [0.15, 0.2) is 10.7 Å². The molecule has 6 nitrogen and oxygen atoms in total. The minimum absolute atomic E-state index is 0.0184. The highest BCUT2D eigenvalue weighted by Crippen LogP contribution is 2.43. The van der Waals surface area contributed by atoms with Gasteiger partial charge in [-0.1, -0.05) is 24.3 Å². The number of methoxy groups -OCH3 is 2. The number of carbonyl (C=O) groups is 1. The number of thiazole rings is 1.